The van der Waals surface area contributed by atoms with E-state index in [0.717, 1.165) is 24.8 Å². The van der Waals surface area contributed by atoms with Crippen molar-refractivity contribution in [2.75, 3.05) is 19.7 Å². The molecule has 0 fully saturated rings. The largest absolute Gasteiger partial charge is 0.292 e. The number of nitrogens with zero attached hydrogens (tertiary/aromatic N) is 1. The van der Waals surface area contributed by atoms with Gasteiger partial charge in [-0.25, -0.2) is 8.42 Å². The second-order valence-corrected chi connectivity index (χ2v) is 8.57. The highest BCUT2D eigenvalue weighted by Gasteiger charge is 2.23. The van der Waals surface area contributed by atoms with Crippen LogP contribution in [0.5, 0.6) is 0 Å². The molecular weight excluding hydrogens is 352 g/mol. The molecule has 0 bridgehead atoms. The van der Waals surface area contributed by atoms with Crippen LogP contribution in [0.4, 0.5) is 0 Å². The van der Waals surface area contributed by atoms with Crippen LogP contribution in [0.25, 0.3) is 0 Å². The Kier molecular flexibility index (Phi) is 11.7. The van der Waals surface area contributed by atoms with Gasteiger partial charge in [-0.15, -0.1) is 0 Å². The summed E-state index contributed by atoms with van der Waals surface area (Å²) in [6.07, 6.45) is 9.28. The van der Waals surface area contributed by atoms with Crippen LogP contribution in [0, 0.1) is 6.92 Å². The molecule has 1 aromatic carbocycles. The topological polar surface area (TPSA) is 78.9 Å². The minimum Gasteiger partial charge on any atom is -0.292 e. The molecule has 0 aliphatic rings. The molecule has 150 valence electrons. The zero-order valence-corrected chi connectivity index (χ0v) is 16.9. The van der Waals surface area contributed by atoms with Gasteiger partial charge in [0.25, 0.3) is 0 Å². The molecule has 0 saturated carbocycles. The van der Waals surface area contributed by atoms with E-state index in [4.69, 9.17) is 10.0 Å². The van der Waals surface area contributed by atoms with Crippen LogP contribution in [-0.4, -0.2) is 37.6 Å². The molecule has 0 aliphatic carbocycles. The van der Waals surface area contributed by atoms with Gasteiger partial charge in [0.1, 0.15) is 0 Å². The zero-order valence-electron chi connectivity index (χ0n) is 16.1. The fourth-order valence-electron chi connectivity index (χ4n) is 2.83. The van der Waals surface area contributed by atoms with Crippen LogP contribution in [-0.2, 0) is 14.9 Å². The van der Waals surface area contributed by atoms with Crippen molar-refractivity contribution in [1.29, 1.82) is 0 Å². The molecule has 0 unspecified atom stereocenters. The van der Waals surface area contributed by atoms with Crippen molar-refractivity contribution in [3.05, 3.63) is 29.8 Å². The van der Waals surface area contributed by atoms with E-state index >= 15 is 0 Å². The fourth-order valence-corrected chi connectivity index (χ4v) is 4.29. The number of unbranched alkanes of at least 4 members (excludes halogenated alkanes) is 7. The maximum Gasteiger partial charge on any atom is 0.243 e. The summed E-state index contributed by atoms with van der Waals surface area (Å²) < 4.78 is 27.2. The molecule has 1 rings (SSSR count). The highest BCUT2D eigenvalue weighted by molar-refractivity contribution is 7.89. The molecular formula is C19H34N2O4S. The first-order chi connectivity index (χ1) is 12.5. The lowest BCUT2D eigenvalue weighted by Gasteiger charge is -2.22. The van der Waals surface area contributed by atoms with Crippen LogP contribution in [0.15, 0.2) is 29.2 Å². The Morgan fingerprint density at radius 3 is 2.12 bits per heavy atom. The lowest BCUT2D eigenvalue weighted by molar-refractivity contribution is -0.127. The zero-order chi connectivity index (χ0) is 19.3. The molecule has 6 nitrogen and oxygen atoms in total. The van der Waals surface area contributed by atoms with E-state index in [9.17, 15) is 8.42 Å². The maximum absolute atomic E-state index is 12.9. The van der Waals surface area contributed by atoms with Crippen molar-refractivity contribution in [3.63, 3.8) is 0 Å². The van der Waals surface area contributed by atoms with E-state index in [1.165, 1.54) is 36.4 Å². The summed E-state index contributed by atoms with van der Waals surface area (Å²) in [5.41, 5.74) is 2.62. The summed E-state index contributed by atoms with van der Waals surface area (Å²) in [5.74, 6) is 0. The predicted molar refractivity (Wildman–Crippen MR) is 103 cm³/mol. The van der Waals surface area contributed by atoms with Crippen molar-refractivity contribution in [1.82, 2.24) is 9.95 Å². The Balaban J connectivity index is 2.54. The number of benzene rings is 1. The van der Waals surface area contributed by atoms with Gasteiger partial charge in [-0.2, -0.15) is 4.31 Å². The number of aryl methyl sites for hydroxylation is 1. The summed E-state index contributed by atoms with van der Waals surface area (Å²) >= 11 is 0. The second kappa shape index (κ2) is 13.2. The van der Waals surface area contributed by atoms with Crippen LogP contribution >= 0.6 is 0 Å². The highest BCUT2D eigenvalue weighted by Crippen LogP contribution is 2.17. The first kappa shape index (κ1) is 23.0. The van der Waals surface area contributed by atoms with Gasteiger partial charge in [-0.05, 0) is 25.5 Å². The summed E-state index contributed by atoms with van der Waals surface area (Å²) in [5, 5.41) is 8.52. The molecule has 0 spiro atoms. The predicted octanol–water partition coefficient (Wildman–Crippen LogP) is 4.04. The number of hydrogen-bond donors (Lipinski definition) is 2. The third kappa shape index (κ3) is 8.60. The van der Waals surface area contributed by atoms with Gasteiger partial charge in [0.15, 0.2) is 0 Å². The van der Waals surface area contributed by atoms with Gasteiger partial charge in [0.05, 0.1) is 11.5 Å². The van der Waals surface area contributed by atoms with E-state index in [2.05, 4.69) is 6.92 Å². The monoisotopic (exact) mass is 386 g/mol. The minimum atomic E-state index is -3.56. The Hall–Kier alpha value is -0.990. The molecule has 1 aromatic rings. The summed E-state index contributed by atoms with van der Waals surface area (Å²) in [7, 11) is -3.56. The van der Waals surface area contributed by atoms with Crippen LogP contribution in [0.3, 0.4) is 0 Å². The van der Waals surface area contributed by atoms with Gasteiger partial charge in [-0.3, -0.25) is 10.0 Å². The minimum absolute atomic E-state index is 0.0820. The Morgan fingerprint density at radius 2 is 1.54 bits per heavy atom. The highest BCUT2D eigenvalue weighted by atomic mass is 32.2. The lowest BCUT2D eigenvalue weighted by atomic mass is 10.1. The molecule has 0 atom stereocenters. The van der Waals surface area contributed by atoms with Crippen molar-refractivity contribution >= 4 is 10.0 Å². The van der Waals surface area contributed by atoms with Crippen LogP contribution in [0.2, 0.25) is 0 Å². The smallest absolute Gasteiger partial charge is 0.243 e. The van der Waals surface area contributed by atoms with E-state index in [1.54, 1.807) is 29.9 Å². The van der Waals surface area contributed by atoms with Gasteiger partial charge in [-0.1, -0.05) is 75.2 Å². The second-order valence-electron chi connectivity index (χ2n) is 6.63. The summed E-state index contributed by atoms with van der Waals surface area (Å²) in [6, 6.07) is 6.87. The molecule has 0 aromatic heterocycles. The van der Waals surface area contributed by atoms with Crippen molar-refractivity contribution in [2.24, 2.45) is 0 Å². The van der Waals surface area contributed by atoms with E-state index in [0.29, 0.717) is 11.4 Å². The van der Waals surface area contributed by atoms with E-state index in [1.807, 2.05) is 6.92 Å². The van der Waals surface area contributed by atoms with Crippen LogP contribution < -0.4 is 5.64 Å². The SMILES string of the molecule is CCCCCCCCCCN(CCONO)S(=O)(=O)c1ccc(C)cc1. The number of nitrogens with one attached hydrogen (secondary N) is 1. The van der Waals surface area contributed by atoms with Crippen molar-refractivity contribution < 1.29 is 18.5 Å². The average molecular weight is 387 g/mol. The Morgan fingerprint density at radius 1 is 0.962 bits per heavy atom. The van der Waals surface area contributed by atoms with Gasteiger partial charge >= 0.3 is 0 Å². The molecule has 0 aliphatic heterocycles. The number of sulfonamides is 1. The summed E-state index contributed by atoms with van der Waals surface area (Å²) in [4.78, 5) is 4.99. The van der Waals surface area contributed by atoms with Gasteiger partial charge < -0.3 is 0 Å². The van der Waals surface area contributed by atoms with E-state index < -0.39 is 10.0 Å². The average Bonchev–Trinajstić information content (AvgIpc) is 2.62. The molecule has 0 heterocycles. The fraction of sp³-hybridized carbons (Fsp3) is 0.684. The van der Waals surface area contributed by atoms with Crippen molar-refractivity contribution in [3.8, 4) is 0 Å². The third-order valence-corrected chi connectivity index (χ3v) is 6.34. The summed E-state index contributed by atoms with van der Waals surface area (Å²) in [6.45, 7) is 4.87. The maximum atomic E-state index is 12.9. The normalized spacial score (nSPS) is 12.0. The van der Waals surface area contributed by atoms with Crippen LogP contribution in [0.1, 0.15) is 63.9 Å². The van der Waals surface area contributed by atoms with Gasteiger partial charge in [0.2, 0.25) is 10.0 Å². The number of hydrogen-bond acceptors (Lipinski definition) is 5. The molecule has 2 N–H and O–H groups in total. The Labute approximate surface area is 158 Å². The lowest BCUT2D eigenvalue weighted by Crippen LogP contribution is -2.35. The standard InChI is InChI=1S/C19H34N2O4S/c1-3-4-5-6-7-8-9-10-15-21(16-17-25-20-22)26(23,24)19-13-11-18(2)12-14-19/h11-14,20,22H,3-10,15-17H2,1-2H3. The molecule has 26 heavy (non-hydrogen) atoms. The molecule has 7 heteroatoms. The van der Waals surface area contributed by atoms with Crippen molar-refractivity contribution in [2.45, 2.75) is 70.1 Å². The molecule has 0 saturated heterocycles. The van der Waals surface area contributed by atoms with E-state index in [-0.39, 0.29) is 13.2 Å². The number of rotatable bonds is 15. The first-order valence-electron chi connectivity index (χ1n) is 9.60. The quantitative estimate of drug-likeness (QED) is 0.351. The molecule has 0 amide bonds. The third-order valence-electron chi connectivity index (χ3n) is 4.43. The van der Waals surface area contributed by atoms with Gasteiger partial charge in [0, 0.05) is 13.1 Å². The Bertz CT molecular complexity index is 576. The molecule has 0 radical (unpaired) electrons. The first-order valence-corrected chi connectivity index (χ1v) is 11.0.